The van der Waals surface area contributed by atoms with Gasteiger partial charge in [-0.2, -0.15) is 0 Å². The van der Waals surface area contributed by atoms with Gasteiger partial charge in [-0.3, -0.25) is 96.5 Å². The number of aliphatic carboxylic acids is 1. The number of nitrogens with one attached hydrogen (secondary N) is 15. The van der Waals surface area contributed by atoms with Crippen molar-refractivity contribution in [2.75, 3.05) is 63.9 Å². The van der Waals surface area contributed by atoms with E-state index in [1.807, 2.05) is 6.92 Å². The molecule has 18 amide bonds. The van der Waals surface area contributed by atoms with E-state index in [9.17, 15) is 67.7 Å². The first-order valence-electron chi connectivity index (χ1n) is 48.4. The number of rotatable bonds is 39. The van der Waals surface area contributed by atoms with Crippen molar-refractivity contribution in [3.8, 4) is 0 Å². The van der Waals surface area contributed by atoms with Crippen LogP contribution in [0.15, 0.2) is 60.7 Å². The van der Waals surface area contributed by atoms with Crippen molar-refractivity contribution in [1.82, 2.24) is 94.0 Å². The number of carbonyl (C=O) groups excluding carboxylic acids is 18. The zero-order valence-electron chi connectivity index (χ0n) is 80.6. The van der Waals surface area contributed by atoms with E-state index in [2.05, 4.69) is 74.4 Å². The van der Waals surface area contributed by atoms with Crippen LogP contribution >= 0.6 is 21.6 Å². The number of nitrogens with two attached hydrogens (primary N) is 4. The number of guanidine groups is 1. The van der Waals surface area contributed by atoms with Crippen molar-refractivity contribution in [1.29, 1.82) is 5.41 Å². The van der Waals surface area contributed by atoms with Gasteiger partial charge in [-0.15, -0.1) is 0 Å². The molecule has 139 heavy (non-hydrogen) atoms. The Morgan fingerprint density at radius 1 is 0.525 bits per heavy atom. The standard InChI is InChI=1S/C93H145N23O21S2/c1-8-9-29-63-89(134)113-43-21-33-70(113)86(131)100-55(6)77(122)111-68(51-117)84(129)109-66(49-57-25-12-10-13-26-57)83(128)112-69(85(130)107-64(31-17-19-41-95)90(135)116-46-24-36-73(116)91(136)114-44-22-34-71(114)87(132)102-59(76(96)121)37-38-74(119)120)52-139-138-47-39-62(105-82(127)67(50-58-27-14-11-15-28-58)110-88(133)72-35-23-45-115(72)92(137)75(54(4)5)101-56(7)118)80(125)108-65(48-53(2)3)81(126)104-61(32-20-42-99-93(97)98)78(123)103-60(79(124)106-63)30-16-18-40-94/h10-15,25-28,53-55,59-73,75,117H,8-9,16-24,29-52,94-95H2,1-7H3,(H2,96,121)(H,100,131)(H,101,118)(H,102,132)(H,103,123)(H,104,126)(H,105,127)(H,106,124)(H,107,130)(H,108,125)(H,109,129)(H,110,133)(H,111,122)(H,112,128)(H,119,120)(H4,97,98,99)/t55?,59-,60-,61-,62?,63-,64?,65-,66-,67-,68-,69-,70-,71-,72-,73-,75-/m0/s1. The van der Waals surface area contributed by atoms with Crippen LogP contribution in [0, 0.1) is 17.2 Å². The molecule has 5 aliphatic rings. The highest BCUT2D eigenvalue weighted by Gasteiger charge is 2.47. The molecule has 5 fully saturated rings. The van der Waals surface area contributed by atoms with E-state index in [0.29, 0.717) is 56.1 Å². The normalized spacial score (nSPS) is 24.1. The summed E-state index contributed by atoms with van der Waals surface area (Å²) < 4.78 is 0. The molecule has 0 bridgehead atoms. The molecule has 0 aliphatic carbocycles. The molecular weight excluding hydrogens is 1840 g/mol. The second-order valence-corrected chi connectivity index (χ2v) is 39.3. The summed E-state index contributed by atoms with van der Waals surface area (Å²) in [6.07, 6.45) is 2.05. The monoisotopic (exact) mass is 1980 g/mol. The van der Waals surface area contributed by atoms with Gasteiger partial charge in [0, 0.05) is 70.4 Å². The molecule has 7 rings (SSSR count). The molecule has 5 saturated heterocycles. The average molecular weight is 1990 g/mol. The number of carboxylic acids is 1. The molecular formula is C93H145N23O21S2. The highest BCUT2D eigenvalue weighted by atomic mass is 33.1. The number of hydrogen-bond donors (Lipinski definition) is 21. The third-order valence-corrected chi connectivity index (χ3v) is 27.4. The highest BCUT2D eigenvalue weighted by molar-refractivity contribution is 8.76. The zero-order chi connectivity index (χ0) is 102. The average Bonchev–Trinajstić information content (AvgIpc) is 1.65. The summed E-state index contributed by atoms with van der Waals surface area (Å²) in [5.74, 6) is -18.0. The number of amides is 18. The van der Waals surface area contributed by atoms with Crippen LogP contribution in [0.2, 0.25) is 0 Å². The van der Waals surface area contributed by atoms with E-state index in [0.717, 1.165) is 21.6 Å². The Bertz CT molecular complexity index is 4550. The maximum atomic E-state index is 15.7. The van der Waals surface area contributed by atoms with E-state index in [4.69, 9.17) is 28.3 Å². The van der Waals surface area contributed by atoms with Gasteiger partial charge in [0.25, 0.3) is 0 Å². The second kappa shape index (κ2) is 58.3. The van der Waals surface area contributed by atoms with E-state index in [-0.39, 0.29) is 161 Å². The number of aliphatic hydroxyl groups is 1. The van der Waals surface area contributed by atoms with E-state index in [1.165, 1.54) is 33.4 Å². The van der Waals surface area contributed by atoms with Crippen LogP contribution in [0.25, 0.3) is 0 Å². The first kappa shape index (κ1) is 114. The molecule has 46 heteroatoms. The molecule has 0 saturated carbocycles. The van der Waals surface area contributed by atoms with Crippen molar-refractivity contribution in [3.05, 3.63) is 71.8 Å². The van der Waals surface area contributed by atoms with Crippen LogP contribution in [0.3, 0.4) is 0 Å². The Hall–Kier alpha value is -11.8. The third-order valence-electron chi connectivity index (χ3n) is 25.0. The molecule has 2 aromatic carbocycles. The molecule has 0 spiro atoms. The van der Waals surface area contributed by atoms with Crippen LogP contribution in [-0.2, 0) is 104 Å². The fourth-order valence-electron chi connectivity index (χ4n) is 17.4. The molecule has 5 aliphatic heterocycles. The van der Waals surface area contributed by atoms with Crippen molar-refractivity contribution >= 4 is 140 Å². The summed E-state index contributed by atoms with van der Waals surface area (Å²) in [7, 11) is 1.96. The Kier molecular flexibility index (Phi) is 47.9. The minimum absolute atomic E-state index is 0.00436. The number of primary amides is 1. The third kappa shape index (κ3) is 36.1. The summed E-state index contributed by atoms with van der Waals surface area (Å²) in [6.45, 7) is 10.9. The maximum absolute atomic E-state index is 15.7. The van der Waals surface area contributed by atoms with Crippen molar-refractivity contribution in [3.63, 3.8) is 0 Å². The van der Waals surface area contributed by atoms with Gasteiger partial charge in [0.05, 0.1) is 6.61 Å². The summed E-state index contributed by atoms with van der Waals surface area (Å²) >= 11 is 0. The fraction of sp³-hybridized carbons (Fsp3) is 0.656. The number of carbonyl (C=O) groups is 19. The SMILES string of the molecule is CCCC[C@@H]1NC(=O)[C@H](CCCCN)NC(=O)[C@H](CCCNC(=N)N)NC(=O)[C@H](CC(C)C)NC(=O)C(NC(=O)[C@H](Cc2ccccc2)NC(=O)[C@@H]2CCCN2C(=O)[C@@H](NC(C)=O)C(C)C)CCSSC[C@@H](C(=O)NC(CCCCN)C(=O)N2CCC[C@H]2C(=O)N2CCC[C@H]2C(=O)N[C@@H](CCC(=O)O)C(N)=O)NC(=O)[C@H](Cc2ccccc2)NC(=O)[C@H](CO)NC(=O)C(C)NC(=O)[C@@H]2CCCN2C1=O. The lowest BCUT2D eigenvalue weighted by molar-refractivity contribution is -0.148. The summed E-state index contributed by atoms with van der Waals surface area (Å²) in [5.41, 5.74) is 24.2. The van der Waals surface area contributed by atoms with Gasteiger partial charge in [-0.25, -0.2) is 0 Å². The fourth-order valence-corrected chi connectivity index (χ4v) is 19.7. The molecule has 25 N–H and O–H groups in total. The molecule has 770 valence electrons. The molecule has 0 radical (unpaired) electrons. The second-order valence-electron chi connectivity index (χ2n) is 36.7. The van der Waals surface area contributed by atoms with Crippen molar-refractivity contribution in [2.24, 2.45) is 34.8 Å². The predicted molar refractivity (Wildman–Crippen MR) is 517 cm³/mol. The Morgan fingerprint density at radius 3 is 1.64 bits per heavy atom. The van der Waals surface area contributed by atoms with Gasteiger partial charge < -0.3 is 127 Å². The van der Waals surface area contributed by atoms with Gasteiger partial charge in [0.2, 0.25) is 106 Å². The number of hydrogen-bond acceptors (Lipinski definition) is 25. The van der Waals surface area contributed by atoms with Gasteiger partial charge in [0.1, 0.15) is 103 Å². The van der Waals surface area contributed by atoms with Gasteiger partial charge >= 0.3 is 5.97 Å². The molecule has 0 aromatic heterocycles. The van der Waals surface area contributed by atoms with Gasteiger partial charge in [-0.1, -0.05) is 130 Å². The molecule has 2 aromatic rings. The van der Waals surface area contributed by atoms with E-state index >= 15 is 33.6 Å². The predicted octanol–water partition coefficient (Wildman–Crippen LogP) is -2.68. The number of carboxylic acid groups (broad SMARTS) is 1. The number of fused-ring (bicyclic) bond motifs is 1. The minimum Gasteiger partial charge on any atom is -0.481 e. The minimum atomic E-state index is -1.83. The summed E-state index contributed by atoms with van der Waals surface area (Å²) in [6, 6.07) is -7.25. The van der Waals surface area contributed by atoms with Gasteiger partial charge in [-0.05, 0) is 171 Å². The number of aliphatic hydroxyl groups excluding tert-OH is 1. The lowest BCUT2D eigenvalue weighted by atomic mass is 10.0. The van der Waals surface area contributed by atoms with Crippen LogP contribution in [0.1, 0.15) is 207 Å². The van der Waals surface area contributed by atoms with Crippen LogP contribution in [0.4, 0.5) is 0 Å². The maximum Gasteiger partial charge on any atom is 0.303 e. The quantitative estimate of drug-likeness (QED) is 0.0140. The van der Waals surface area contributed by atoms with Crippen molar-refractivity contribution in [2.45, 2.75) is 312 Å². The van der Waals surface area contributed by atoms with E-state index < -0.39 is 252 Å². The molecule has 17 atom stereocenters. The van der Waals surface area contributed by atoms with Crippen LogP contribution in [0.5, 0.6) is 0 Å². The first-order chi connectivity index (χ1) is 66.3. The Labute approximate surface area is 818 Å². The number of unbranched alkanes of at least 4 members (excludes halogenated alkanes) is 3. The van der Waals surface area contributed by atoms with Crippen molar-refractivity contribution < 1.29 is 101 Å². The van der Waals surface area contributed by atoms with Gasteiger partial charge in [0.15, 0.2) is 5.96 Å². The lowest BCUT2D eigenvalue weighted by Gasteiger charge is -2.33. The number of nitrogens with zero attached hydrogens (tertiary/aromatic N) is 4. The molecule has 44 nitrogen and oxygen atoms in total. The van der Waals surface area contributed by atoms with Crippen LogP contribution < -0.4 is 97.4 Å². The Balaban J connectivity index is 1.34. The topological polar surface area (TPSA) is 674 Å². The highest BCUT2D eigenvalue weighted by Crippen LogP contribution is 2.30. The number of benzene rings is 2. The Morgan fingerprint density at radius 2 is 1.05 bits per heavy atom. The molecule has 3 unspecified atom stereocenters. The van der Waals surface area contributed by atoms with E-state index in [1.54, 1.807) is 88.4 Å². The first-order valence-corrected chi connectivity index (χ1v) is 50.8. The zero-order valence-corrected chi connectivity index (χ0v) is 82.2. The summed E-state index contributed by atoms with van der Waals surface area (Å²) in [5, 5.41) is 66.2. The number of likely N-dealkylation sites (tertiary alicyclic amines) is 3. The lowest BCUT2D eigenvalue weighted by Crippen LogP contribution is -2.61. The smallest absolute Gasteiger partial charge is 0.303 e. The largest absolute Gasteiger partial charge is 0.481 e. The van der Waals surface area contributed by atoms with Crippen LogP contribution in [-0.4, -0.2) is 315 Å². The molecule has 5 heterocycles. The summed E-state index contributed by atoms with van der Waals surface area (Å²) in [4.78, 5) is 281.